The summed E-state index contributed by atoms with van der Waals surface area (Å²) >= 11 is 0. The van der Waals surface area contributed by atoms with Crippen LogP contribution in [0.4, 0.5) is 11.4 Å². The molecule has 1 aromatic rings. The van der Waals surface area contributed by atoms with Crippen molar-refractivity contribution in [2.75, 3.05) is 43.5 Å². The average Bonchev–Trinajstić information content (AvgIpc) is 2.38. The molecule has 1 heterocycles. The van der Waals surface area contributed by atoms with Crippen LogP contribution < -0.4 is 15.1 Å². The first kappa shape index (κ1) is 12.4. The van der Waals surface area contributed by atoms with Crippen molar-refractivity contribution < 1.29 is 4.79 Å². The van der Waals surface area contributed by atoms with Crippen LogP contribution in [0.25, 0.3) is 0 Å². The van der Waals surface area contributed by atoms with Gasteiger partial charge in [0.05, 0.1) is 29.6 Å². The van der Waals surface area contributed by atoms with Crippen LogP contribution in [0.1, 0.15) is 5.56 Å². The highest BCUT2D eigenvalue weighted by Gasteiger charge is 2.26. The van der Waals surface area contributed by atoms with Crippen molar-refractivity contribution in [1.82, 2.24) is 5.32 Å². The van der Waals surface area contributed by atoms with E-state index in [1.54, 1.807) is 17.0 Å². The van der Waals surface area contributed by atoms with E-state index in [4.69, 9.17) is 5.26 Å². The number of nitrogens with zero attached hydrogens (tertiary/aromatic N) is 3. The Balaban J connectivity index is 2.42. The zero-order chi connectivity index (χ0) is 13.1. The van der Waals surface area contributed by atoms with E-state index in [0.29, 0.717) is 18.7 Å². The molecule has 0 aliphatic carbocycles. The van der Waals surface area contributed by atoms with Gasteiger partial charge >= 0.3 is 0 Å². The van der Waals surface area contributed by atoms with Gasteiger partial charge in [0.1, 0.15) is 0 Å². The van der Waals surface area contributed by atoms with Crippen molar-refractivity contribution in [2.24, 2.45) is 0 Å². The van der Waals surface area contributed by atoms with Crippen LogP contribution in [-0.4, -0.2) is 39.6 Å². The van der Waals surface area contributed by atoms with E-state index in [1.165, 1.54) is 0 Å². The standard InChI is InChI=1S/C13H16N4O/c1-15-5-6-17-12-7-10(8-14)3-4-11(12)16(2)9-13(17)18/h3-4,7,15H,5-6,9H2,1-2H3. The Morgan fingerprint density at radius 3 is 2.89 bits per heavy atom. The van der Waals surface area contributed by atoms with Crippen LogP contribution >= 0.6 is 0 Å². The summed E-state index contributed by atoms with van der Waals surface area (Å²) in [6, 6.07) is 7.56. The molecule has 0 bridgehead atoms. The SMILES string of the molecule is CNCCN1C(=O)CN(C)c2ccc(C#N)cc21. The average molecular weight is 244 g/mol. The quantitative estimate of drug-likeness (QED) is 0.844. The molecule has 0 spiro atoms. The van der Waals surface area contributed by atoms with Gasteiger partial charge in [-0.1, -0.05) is 0 Å². The number of nitriles is 1. The molecule has 0 radical (unpaired) electrons. The summed E-state index contributed by atoms with van der Waals surface area (Å²) in [6.45, 7) is 1.72. The largest absolute Gasteiger partial charge is 0.364 e. The number of amides is 1. The number of hydrogen-bond acceptors (Lipinski definition) is 4. The molecule has 0 atom stereocenters. The van der Waals surface area contributed by atoms with E-state index in [1.807, 2.05) is 25.1 Å². The normalized spacial score (nSPS) is 14.4. The van der Waals surface area contributed by atoms with Gasteiger partial charge < -0.3 is 15.1 Å². The Hall–Kier alpha value is -2.06. The number of likely N-dealkylation sites (N-methyl/N-ethyl adjacent to an activating group) is 2. The summed E-state index contributed by atoms with van der Waals surface area (Å²) in [5, 5.41) is 12.0. The van der Waals surface area contributed by atoms with E-state index >= 15 is 0 Å². The first-order valence-electron chi connectivity index (χ1n) is 5.87. The van der Waals surface area contributed by atoms with Gasteiger partial charge in [-0.3, -0.25) is 4.79 Å². The fourth-order valence-electron chi connectivity index (χ4n) is 2.11. The van der Waals surface area contributed by atoms with Crippen molar-refractivity contribution in [3.8, 4) is 6.07 Å². The zero-order valence-electron chi connectivity index (χ0n) is 10.6. The maximum absolute atomic E-state index is 12.0. The Labute approximate surface area is 107 Å². The van der Waals surface area contributed by atoms with Gasteiger partial charge in [0.15, 0.2) is 0 Å². The third-order valence-corrected chi connectivity index (χ3v) is 3.07. The van der Waals surface area contributed by atoms with E-state index in [-0.39, 0.29) is 5.91 Å². The van der Waals surface area contributed by atoms with Crippen molar-refractivity contribution in [3.05, 3.63) is 23.8 Å². The molecule has 5 heteroatoms. The molecular weight excluding hydrogens is 228 g/mol. The highest BCUT2D eigenvalue weighted by molar-refractivity contribution is 6.03. The first-order chi connectivity index (χ1) is 8.67. The predicted octanol–water partition coefficient (Wildman–Crippen LogP) is 0.560. The number of anilines is 2. The Kier molecular flexibility index (Phi) is 3.49. The number of nitrogens with one attached hydrogen (secondary N) is 1. The molecule has 5 nitrogen and oxygen atoms in total. The minimum absolute atomic E-state index is 0.0651. The van der Waals surface area contributed by atoms with Gasteiger partial charge in [0, 0.05) is 20.1 Å². The van der Waals surface area contributed by atoms with Crippen LogP contribution in [0.2, 0.25) is 0 Å². The summed E-state index contributed by atoms with van der Waals surface area (Å²) in [5.41, 5.74) is 2.39. The second-order valence-corrected chi connectivity index (χ2v) is 4.32. The van der Waals surface area contributed by atoms with E-state index in [2.05, 4.69) is 11.4 Å². The number of hydrogen-bond donors (Lipinski definition) is 1. The molecule has 0 unspecified atom stereocenters. The van der Waals surface area contributed by atoms with Crippen molar-refractivity contribution >= 4 is 17.3 Å². The molecular formula is C13H16N4O. The second-order valence-electron chi connectivity index (χ2n) is 4.32. The van der Waals surface area contributed by atoms with E-state index < -0.39 is 0 Å². The molecule has 1 aliphatic heterocycles. The van der Waals surface area contributed by atoms with Crippen LogP contribution in [0.15, 0.2) is 18.2 Å². The number of carbonyl (C=O) groups is 1. The molecule has 1 amide bonds. The smallest absolute Gasteiger partial charge is 0.246 e. The highest BCUT2D eigenvalue weighted by atomic mass is 16.2. The Bertz CT molecular complexity index is 506. The minimum atomic E-state index is 0.0651. The van der Waals surface area contributed by atoms with Crippen molar-refractivity contribution in [3.63, 3.8) is 0 Å². The molecule has 0 saturated heterocycles. The van der Waals surface area contributed by atoms with E-state index in [9.17, 15) is 4.79 Å². The van der Waals surface area contributed by atoms with Gasteiger partial charge in [0.25, 0.3) is 0 Å². The molecule has 18 heavy (non-hydrogen) atoms. The lowest BCUT2D eigenvalue weighted by molar-refractivity contribution is -0.117. The fourth-order valence-corrected chi connectivity index (χ4v) is 2.11. The maximum atomic E-state index is 12.0. The monoisotopic (exact) mass is 244 g/mol. The molecule has 0 fully saturated rings. The number of benzene rings is 1. The third kappa shape index (κ3) is 2.15. The predicted molar refractivity (Wildman–Crippen MR) is 70.7 cm³/mol. The first-order valence-corrected chi connectivity index (χ1v) is 5.87. The fraction of sp³-hybridized carbons (Fsp3) is 0.385. The van der Waals surface area contributed by atoms with Crippen molar-refractivity contribution in [1.29, 1.82) is 5.26 Å². The van der Waals surface area contributed by atoms with Gasteiger partial charge in [-0.2, -0.15) is 5.26 Å². The number of rotatable bonds is 3. The van der Waals surface area contributed by atoms with Crippen LogP contribution in [0.5, 0.6) is 0 Å². The zero-order valence-corrected chi connectivity index (χ0v) is 10.6. The van der Waals surface area contributed by atoms with Gasteiger partial charge in [-0.25, -0.2) is 0 Å². The Morgan fingerprint density at radius 1 is 1.44 bits per heavy atom. The lowest BCUT2D eigenvalue weighted by Gasteiger charge is -2.35. The summed E-state index contributed by atoms with van der Waals surface area (Å²) < 4.78 is 0. The molecule has 94 valence electrons. The lowest BCUT2D eigenvalue weighted by Crippen LogP contribution is -2.46. The molecule has 1 N–H and O–H groups in total. The Morgan fingerprint density at radius 2 is 2.22 bits per heavy atom. The summed E-state index contributed by atoms with van der Waals surface area (Å²) in [7, 11) is 3.74. The van der Waals surface area contributed by atoms with Crippen LogP contribution in [0, 0.1) is 11.3 Å². The second kappa shape index (κ2) is 5.07. The summed E-state index contributed by atoms with van der Waals surface area (Å²) in [5.74, 6) is 0.0651. The van der Waals surface area contributed by atoms with Crippen molar-refractivity contribution in [2.45, 2.75) is 0 Å². The van der Waals surface area contributed by atoms with Gasteiger partial charge in [-0.15, -0.1) is 0 Å². The van der Waals surface area contributed by atoms with Crippen LogP contribution in [0.3, 0.4) is 0 Å². The van der Waals surface area contributed by atoms with Crippen LogP contribution in [-0.2, 0) is 4.79 Å². The highest BCUT2D eigenvalue weighted by Crippen LogP contribution is 2.33. The van der Waals surface area contributed by atoms with Gasteiger partial charge in [-0.05, 0) is 25.2 Å². The topological polar surface area (TPSA) is 59.4 Å². The summed E-state index contributed by atoms with van der Waals surface area (Å²) in [6.07, 6.45) is 0. The van der Waals surface area contributed by atoms with E-state index in [0.717, 1.165) is 17.9 Å². The molecule has 1 aromatic carbocycles. The minimum Gasteiger partial charge on any atom is -0.364 e. The maximum Gasteiger partial charge on any atom is 0.246 e. The molecule has 0 aromatic heterocycles. The number of carbonyl (C=O) groups excluding carboxylic acids is 1. The lowest BCUT2D eigenvalue weighted by atomic mass is 10.1. The molecule has 1 aliphatic rings. The molecule has 2 rings (SSSR count). The molecule has 0 saturated carbocycles. The third-order valence-electron chi connectivity index (χ3n) is 3.07. The number of fused-ring (bicyclic) bond motifs is 1. The summed E-state index contributed by atoms with van der Waals surface area (Å²) in [4.78, 5) is 15.7. The van der Waals surface area contributed by atoms with Gasteiger partial charge in [0.2, 0.25) is 5.91 Å².